The first-order chi connectivity index (χ1) is 3.63. The van der Waals surface area contributed by atoms with Crippen LogP contribution in [0.5, 0.6) is 0 Å². The molecule has 0 spiro atoms. The number of allylic oxidation sites excluding steroid dienone is 2. The highest BCUT2D eigenvalue weighted by Gasteiger charge is 1.82. The Balaban J connectivity index is 3.50. The molecule has 0 aliphatic rings. The van der Waals surface area contributed by atoms with Crippen LogP contribution in [0.25, 0.3) is 0 Å². The molecule has 0 aromatic heterocycles. The van der Waals surface area contributed by atoms with Gasteiger partial charge >= 0.3 is 0 Å². The number of hydrogen-bond acceptors (Lipinski definition) is 1. The number of rotatable bonds is 2. The molecule has 0 aromatic rings. The van der Waals surface area contributed by atoms with Crippen molar-refractivity contribution in [2.75, 3.05) is 0 Å². The highest BCUT2D eigenvalue weighted by Crippen LogP contribution is 1.90. The van der Waals surface area contributed by atoms with Crippen LogP contribution in [0.15, 0.2) is 24.3 Å². The van der Waals surface area contributed by atoms with E-state index in [-0.39, 0.29) is 6.10 Å². The molecule has 0 aliphatic carbocycles. The summed E-state index contributed by atoms with van der Waals surface area (Å²) in [7, 11) is 0. The molecular formula is C7H12O. The van der Waals surface area contributed by atoms with Crippen LogP contribution in [0, 0.1) is 0 Å². The lowest BCUT2D eigenvalue weighted by atomic mass is 10.3. The molecule has 0 aliphatic heterocycles. The van der Waals surface area contributed by atoms with E-state index in [9.17, 15) is 0 Å². The van der Waals surface area contributed by atoms with E-state index in [1.165, 1.54) is 0 Å². The number of aliphatic hydroxyl groups is 1. The highest BCUT2D eigenvalue weighted by molar-refractivity contribution is 5.11. The minimum absolute atomic E-state index is 0.355. The zero-order valence-electron chi connectivity index (χ0n) is 5.39. The lowest BCUT2D eigenvalue weighted by Gasteiger charge is -1.90. The Hall–Kier alpha value is -0.560. The fraction of sp³-hybridized carbons (Fsp3) is 0.429. The molecule has 46 valence electrons. The summed E-state index contributed by atoms with van der Waals surface area (Å²) in [6, 6.07) is 0. The van der Waals surface area contributed by atoms with Gasteiger partial charge in [-0.2, -0.15) is 0 Å². The van der Waals surface area contributed by atoms with Gasteiger partial charge in [0.15, 0.2) is 0 Å². The van der Waals surface area contributed by atoms with E-state index in [1.807, 2.05) is 6.92 Å². The summed E-state index contributed by atoms with van der Waals surface area (Å²) in [6.07, 6.45) is 3.14. The van der Waals surface area contributed by atoms with Gasteiger partial charge in [-0.3, -0.25) is 0 Å². The van der Waals surface area contributed by atoms with Gasteiger partial charge in [0.05, 0.1) is 6.10 Å². The van der Waals surface area contributed by atoms with E-state index in [2.05, 4.69) is 6.58 Å². The third kappa shape index (κ3) is 5.44. The first-order valence-corrected chi connectivity index (χ1v) is 2.64. The fourth-order valence-electron chi connectivity index (χ4n) is 0.304. The molecule has 8 heavy (non-hydrogen) atoms. The van der Waals surface area contributed by atoms with Crippen molar-refractivity contribution in [2.24, 2.45) is 0 Å². The Bertz CT molecular complexity index is 101. The predicted octanol–water partition coefficient (Wildman–Crippen LogP) is 1.50. The SMILES string of the molecule is C=C(C)C=CC(C)O. The average molecular weight is 112 g/mol. The molecule has 1 N–H and O–H groups in total. The first-order valence-electron chi connectivity index (χ1n) is 2.64. The summed E-state index contributed by atoms with van der Waals surface area (Å²) in [6.45, 7) is 7.22. The van der Waals surface area contributed by atoms with Crippen LogP contribution in [0.4, 0.5) is 0 Å². The molecule has 0 bridgehead atoms. The average Bonchev–Trinajstić information content (AvgIpc) is 1.61. The smallest absolute Gasteiger partial charge is 0.0695 e. The Kier molecular flexibility index (Phi) is 3.20. The van der Waals surface area contributed by atoms with Crippen molar-refractivity contribution in [3.63, 3.8) is 0 Å². The van der Waals surface area contributed by atoms with Gasteiger partial charge in [-0.05, 0) is 13.8 Å². The second kappa shape index (κ2) is 3.44. The van der Waals surface area contributed by atoms with Crippen LogP contribution in [0.2, 0.25) is 0 Å². The van der Waals surface area contributed by atoms with Crippen molar-refractivity contribution in [1.82, 2.24) is 0 Å². The van der Waals surface area contributed by atoms with E-state index in [0.29, 0.717) is 0 Å². The predicted molar refractivity (Wildman–Crippen MR) is 35.6 cm³/mol. The summed E-state index contributed by atoms with van der Waals surface area (Å²) in [4.78, 5) is 0. The highest BCUT2D eigenvalue weighted by atomic mass is 16.3. The molecule has 0 aromatic carbocycles. The number of hydrogen-bond donors (Lipinski definition) is 1. The topological polar surface area (TPSA) is 20.2 Å². The molecule has 1 heteroatoms. The van der Waals surface area contributed by atoms with Gasteiger partial charge in [0.25, 0.3) is 0 Å². The third-order valence-corrected chi connectivity index (χ3v) is 0.659. The normalized spacial score (nSPS) is 14.4. The molecule has 0 fully saturated rings. The summed E-state index contributed by atoms with van der Waals surface area (Å²) in [5.74, 6) is 0. The van der Waals surface area contributed by atoms with Crippen molar-refractivity contribution >= 4 is 0 Å². The van der Waals surface area contributed by atoms with E-state index < -0.39 is 0 Å². The van der Waals surface area contributed by atoms with Crippen LogP contribution in [0.3, 0.4) is 0 Å². The van der Waals surface area contributed by atoms with Crippen LogP contribution < -0.4 is 0 Å². The summed E-state index contributed by atoms with van der Waals surface area (Å²) in [5, 5.41) is 8.67. The van der Waals surface area contributed by atoms with Gasteiger partial charge < -0.3 is 5.11 Å². The lowest BCUT2D eigenvalue weighted by molar-refractivity contribution is 0.244. The molecule has 0 amide bonds. The second-order valence-corrected chi connectivity index (χ2v) is 1.95. The summed E-state index contributed by atoms with van der Waals surface area (Å²) >= 11 is 0. The van der Waals surface area contributed by atoms with Gasteiger partial charge in [-0.1, -0.05) is 24.3 Å². The standard InChI is InChI=1S/C7H12O/c1-6(2)4-5-7(3)8/h4-5,7-8H,1H2,2-3H3. The van der Waals surface area contributed by atoms with E-state index in [4.69, 9.17) is 5.11 Å². The van der Waals surface area contributed by atoms with Crippen LogP contribution in [-0.4, -0.2) is 11.2 Å². The van der Waals surface area contributed by atoms with Gasteiger partial charge in [-0.15, -0.1) is 0 Å². The van der Waals surface area contributed by atoms with Crippen LogP contribution in [-0.2, 0) is 0 Å². The molecular weight excluding hydrogens is 100 g/mol. The molecule has 0 rings (SSSR count). The first kappa shape index (κ1) is 7.44. The largest absolute Gasteiger partial charge is 0.389 e. The van der Waals surface area contributed by atoms with E-state index in [0.717, 1.165) is 5.57 Å². The third-order valence-electron chi connectivity index (χ3n) is 0.659. The Labute approximate surface area is 50.3 Å². The van der Waals surface area contributed by atoms with Crippen molar-refractivity contribution in [3.05, 3.63) is 24.3 Å². The minimum atomic E-state index is -0.355. The maximum absolute atomic E-state index is 8.67. The van der Waals surface area contributed by atoms with E-state index in [1.54, 1.807) is 19.1 Å². The van der Waals surface area contributed by atoms with Gasteiger partial charge in [-0.25, -0.2) is 0 Å². The van der Waals surface area contributed by atoms with Gasteiger partial charge in [0.1, 0.15) is 0 Å². The van der Waals surface area contributed by atoms with Gasteiger partial charge in [0.2, 0.25) is 0 Å². The Morgan fingerprint density at radius 2 is 2.25 bits per heavy atom. The second-order valence-electron chi connectivity index (χ2n) is 1.95. The summed E-state index contributed by atoms with van der Waals surface area (Å²) in [5.41, 5.74) is 0.964. The van der Waals surface area contributed by atoms with Crippen molar-refractivity contribution in [2.45, 2.75) is 20.0 Å². The molecule has 0 heterocycles. The summed E-state index contributed by atoms with van der Waals surface area (Å²) < 4.78 is 0. The maximum atomic E-state index is 8.67. The van der Waals surface area contributed by atoms with E-state index >= 15 is 0 Å². The van der Waals surface area contributed by atoms with Crippen molar-refractivity contribution in [1.29, 1.82) is 0 Å². The maximum Gasteiger partial charge on any atom is 0.0695 e. The fourth-order valence-corrected chi connectivity index (χ4v) is 0.304. The zero-order valence-corrected chi connectivity index (χ0v) is 5.39. The Morgan fingerprint density at radius 3 is 2.38 bits per heavy atom. The molecule has 0 saturated heterocycles. The molecule has 0 saturated carbocycles. The van der Waals surface area contributed by atoms with Crippen LogP contribution >= 0.6 is 0 Å². The van der Waals surface area contributed by atoms with Crippen LogP contribution in [0.1, 0.15) is 13.8 Å². The minimum Gasteiger partial charge on any atom is -0.389 e. The molecule has 0 radical (unpaired) electrons. The van der Waals surface area contributed by atoms with Gasteiger partial charge in [0, 0.05) is 0 Å². The monoisotopic (exact) mass is 112 g/mol. The van der Waals surface area contributed by atoms with Crippen molar-refractivity contribution in [3.8, 4) is 0 Å². The quantitative estimate of drug-likeness (QED) is 0.537. The zero-order chi connectivity index (χ0) is 6.57. The molecule has 1 unspecified atom stereocenters. The lowest BCUT2D eigenvalue weighted by Crippen LogP contribution is -1.91. The molecule has 1 atom stereocenters. The number of aliphatic hydroxyl groups excluding tert-OH is 1. The van der Waals surface area contributed by atoms with Crippen molar-refractivity contribution < 1.29 is 5.11 Å². The molecule has 1 nitrogen and oxygen atoms in total. The Morgan fingerprint density at radius 1 is 1.75 bits per heavy atom.